The van der Waals surface area contributed by atoms with E-state index >= 15 is 0 Å². The van der Waals surface area contributed by atoms with E-state index in [-0.39, 0.29) is 0 Å². The van der Waals surface area contributed by atoms with Crippen molar-refractivity contribution in [3.8, 4) is 11.8 Å². The predicted octanol–water partition coefficient (Wildman–Crippen LogP) is 1.27. The van der Waals surface area contributed by atoms with Crippen LogP contribution in [-0.2, 0) is 6.54 Å². The van der Waals surface area contributed by atoms with Crippen LogP contribution in [0.1, 0.15) is 18.4 Å². The molecule has 1 aromatic rings. The highest BCUT2D eigenvalue weighted by molar-refractivity contribution is 5.30. The van der Waals surface area contributed by atoms with Crippen molar-refractivity contribution >= 4 is 0 Å². The number of hydrogen-bond donors (Lipinski definition) is 1. The topological polar surface area (TPSA) is 60.6 Å². The molecule has 19 heavy (non-hydrogen) atoms. The maximum absolute atomic E-state index is 5.77. The van der Waals surface area contributed by atoms with Crippen LogP contribution in [0, 0.1) is 5.92 Å². The first kappa shape index (κ1) is 14.1. The van der Waals surface area contributed by atoms with Crippen LogP contribution in [0.4, 0.5) is 0 Å². The summed E-state index contributed by atoms with van der Waals surface area (Å²) in [4.78, 5) is 6.68. The van der Waals surface area contributed by atoms with Crippen molar-refractivity contribution in [2.75, 3.05) is 33.9 Å². The standard InChI is InChI=1S/C14H23N3O2/c1-17-7-5-11(6-8-17)10-19-13-4-3-12(9-15)14(16-13)18-2/h3-4,11H,5-10,15H2,1-2H3. The molecule has 1 saturated heterocycles. The molecule has 5 nitrogen and oxygen atoms in total. The van der Waals surface area contributed by atoms with Crippen molar-refractivity contribution in [2.45, 2.75) is 19.4 Å². The molecule has 2 rings (SSSR count). The van der Waals surface area contributed by atoms with Gasteiger partial charge in [0.1, 0.15) is 0 Å². The number of methoxy groups -OCH3 is 1. The number of rotatable bonds is 5. The van der Waals surface area contributed by atoms with E-state index in [1.165, 1.54) is 12.8 Å². The van der Waals surface area contributed by atoms with Crippen molar-refractivity contribution < 1.29 is 9.47 Å². The maximum atomic E-state index is 5.77. The largest absolute Gasteiger partial charge is 0.481 e. The molecular formula is C14H23N3O2. The van der Waals surface area contributed by atoms with E-state index in [9.17, 15) is 0 Å². The van der Waals surface area contributed by atoms with Gasteiger partial charge >= 0.3 is 0 Å². The third-order valence-corrected chi connectivity index (χ3v) is 3.63. The van der Waals surface area contributed by atoms with Crippen LogP contribution >= 0.6 is 0 Å². The minimum Gasteiger partial charge on any atom is -0.481 e. The van der Waals surface area contributed by atoms with E-state index < -0.39 is 0 Å². The Hall–Kier alpha value is -1.33. The molecule has 0 aromatic carbocycles. The second-order valence-corrected chi connectivity index (χ2v) is 5.08. The Balaban J connectivity index is 1.89. The van der Waals surface area contributed by atoms with Gasteiger partial charge in [0.2, 0.25) is 11.8 Å². The Morgan fingerprint density at radius 2 is 2.11 bits per heavy atom. The summed E-state index contributed by atoms with van der Waals surface area (Å²) in [6, 6.07) is 3.77. The highest BCUT2D eigenvalue weighted by atomic mass is 16.5. The molecule has 5 heteroatoms. The van der Waals surface area contributed by atoms with Crippen LogP contribution < -0.4 is 15.2 Å². The fraction of sp³-hybridized carbons (Fsp3) is 0.643. The van der Waals surface area contributed by atoms with Gasteiger partial charge in [-0.1, -0.05) is 0 Å². The van der Waals surface area contributed by atoms with Gasteiger partial charge in [-0.2, -0.15) is 4.98 Å². The molecule has 1 aliphatic heterocycles. The molecule has 2 heterocycles. The molecule has 0 atom stereocenters. The molecule has 0 amide bonds. The first-order chi connectivity index (χ1) is 9.22. The first-order valence-corrected chi connectivity index (χ1v) is 6.78. The van der Waals surface area contributed by atoms with Crippen molar-refractivity contribution in [3.05, 3.63) is 17.7 Å². The summed E-state index contributed by atoms with van der Waals surface area (Å²) in [6.07, 6.45) is 2.38. The molecule has 1 aliphatic rings. The second kappa shape index (κ2) is 6.73. The Labute approximate surface area is 114 Å². The summed E-state index contributed by atoms with van der Waals surface area (Å²) in [5, 5.41) is 0. The lowest BCUT2D eigenvalue weighted by Crippen LogP contribution is -2.32. The summed E-state index contributed by atoms with van der Waals surface area (Å²) in [7, 11) is 3.76. The van der Waals surface area contributed by atoms with Crippen molar-refractivity contribution in [1.29, 1.82) is 0 Å². The Kier molecular flexibility index (Phi) is 4.99. The third-order valence-electron chi connectivity index (χ3n) is 3.63. The van der Waals surface area contributed by atoms with E-state index in [2.05, 4.69) is 16.9 Å². The Bertz CT molecular complexity index is 404. The van der Waals surface area contributed by atoms with Crippen LogP contribution in [0.25, 0.3) is 0 Å². The number of hydrogen-bond acceptors (Lipinski definition) is 5. The minimum atomic E-state index is 0.422. The molecule has 106 valence electrons. The maximum Gasteiger partial charge on any atom is 0.220 e. The SMILES string of the molecule is COc1nc(OCC2CCN(C)CC2)ccc1CN. The number of nitrogens with zero attached hydrogens (tertiary/aromatic N) is 2. The van der Waals surface area contributed by atoms with Crippen molar-refractivity contribution in [1.82, 2.24) is 9.88 Å². The molecule has 2 N–H and O–H groups in total. The van der Waals surface area contributed by atoms with Crippen molar-refractivity contribution in [3.63, 3.8) is 0 Å². The predicted molar refractivity (Wildman–Crippen MR) is 74.4 cm³/mol. The Morgan fingerprint density at radius 3 is 2.74 bits per heavy atom. The molecule has 0 radical (unpaired) electrons. The molecule has 0 spiro atoms. The zero-order valence-corrected chi connectivity index (χ0v) is 11.8. The van der Waals surface area contributed by atoms with Crippen molar-refractivity contribution in [2.24, 2.45) is 11.7 Å². The zero-order chi connectivity index (χ0) is 13.7. The van der Waals surface area contributed by atoms with Gasteiger partial charge in [0.05, 0.1) is 13.7 Å². The van der Waals surface area contributed by atoms with E-state index in [0.29, 0.717) is 24.2 Å². The highest BCUT2D eigenvalue weighted by Crippen LogP contribution is 2.21. The number of pyridine rings is 1. The Morgan fingerprint density at radius 1 is 1.37 bits per heavy atom. The molecule has 0 aliphatic carbocycles. The van der Waals surface area contributed by atoms with Crippen LogP contribution in [0.5, 0.6) is 11.8 Å². The normalized spacial score (nSPS) is 17.4. The first-order valence-electron chi connectivity index (χ1n) is 6.78. The van der Waals surface area contributed by atoms with Gasteiger partial charge in [0.15, 0.2) is 0 Å². The zero-order valence-electron chi connectivity index (χ0n) is 11.8. The van der Waals surface area contributed by atoms with Gasteiger partial charge in [-0.15, -0.1) is 0 Å². The molecular weight excluding hydrogens is 242 g/mol. The molecule has 0 bridgehead atoms. The third kappa shape index (κ3) is 3.81. The fourth-order valence-corrected chi connectivity index (χ4v) is 2.30. The summed E-state index contributed by atoms with van der Waals surface area (Å²) < 4.78 is 11.0. The van der Waals surface area contributed by atoms with E-state index in [1.54, 1.807) is 7.11 Å². The van der Waals surface area contributed by atoms with Crippen LogP contribution in [0.2, 0.25) is 0 Å². The number of aromatic nitrogens is 1. The minimum absolute atomic E-state index is 0.422. The molecule has 1 aromatic heterocycles. The lowest BCUT2D eigenvalue weighted by Gasteiger charge is -2.28. The average Bonchev–Trinajstić information content (AvgIpc) is 2.46. The summed E-state index contributed by atoms with van der Waals surface area (Å²) >= 11 is 0. The van der Waals surface area contributed by atoms with E-state index in [4.69, 9.17) is 15.2 Å². The van der Waals surface area contributed by atoms with Gasteiger partial charge in [-0.05, 0) is 45.0 Å². The van der Waals surface area contributed by atoms with Crippen LogP contribution in [0.3, 0.4) is 0 Å². The van der Waals surface area contributed by atoms with Gasteiger partial charge in [-0.25, -0.2) is 0 Å². The van der Waals surface area contributed by atoms with Gasteiger partial charge < -0.3 is 20.1 Å². The number of piperidine rings is 1. The van der Waals surface area contributed by atoms with Gasteiger partial charge in [0, 0.05) is 18.2 Å². The lowest BCUT2D eigenvalue weighted by atomic mass is 9.98. The summed E-state index contributed by atoms with van der Waals surface area (Å²) in [5.74, 6) is 1.80. The van der Waals surface area contributed by atoms with E-state index in [1.807, 2.05) is 12.1 Å². The number of likely N-dealkylation sites (tertiary alicyclic amines) is 1. The molecule has 0 unspecified atom stereocenters. The molecule has 0 saturated carbocycles. The molecule has 1 fully saturated rings. The lowest BCUT2D eigenvalue weighted by molar-refractivity contribution is 0.156. The highest BCUT2D eigenvalue weighted by Gasteiger charge is 2.17. The van der Waals surface area contributed by atoms with Crippen LogP contribution in [-0.4, -0.2) is 43.7 Å². The van der Waals surface area contributed by atoms with E-state index in [0.717, 1.165) is 25.3 Å². The van der Waals surface area contributed by atoms with Gasteiger partial charge in [0.25, 0.3) is 0 Å². The smallest absolute Gasteiger partial charge is 0.220 e. The average molecular weight is 265 g/mol. The number of nitrogens with two attached hydrogens (primary N) is 1. The fourth-order valence-electron chi connectivity index (χ4n) is 2.30. The quantitative estimate of drug-likeness (QED) is 0.868. The monoisotopic (exact) mass is 265 g/mol. The number of ether oxygens (including phenoxy) is 2. The van der Waals surface area contributed by atoms with Gasteiger partial charge in [-0.3, -0.25) is 0 Å². The summed E-state index contributed by atoms with van der Waals surface area (Å²) in [6.45, 7) is 3.45. The van der Waals surface area contributed by atoms with Crippen LogP contribution in [0.15, 0.2) is 12.1 Å². The summed E-state index contributed by atoms with van der Waals surface area (Å²) in [5.41, 5.74) is 6.51. The second-order valence-electron chi connectivity index (χ2n) is 5.08.